The highest BCUT2D eigenvalue weighted by Gasteiger charge is 2.36. The van der Waals surface area contributed by atoms with Crippen molar-refractivity contribution in [3.8, 4) is 0 Å². The van der Waals surface area contributed by atoms with Crippen LogP contribution in [0.15, 0.2) is 59.3 Å². The van der Waals surface area contributed by atoms with Crippen molar-refractivity contribution < 1.29 is 0 Å². The van der Waals surface area contributed by atoms with Crippen molar-refractivity contribution in [2.75, 3.05) is 5.12 Å². The van der Waals surface area contributed by atoms with Gasteiger partial charge >= 0.3 is 0 Å². The van der Waals surface area contributed by atoms with Crippen LogP contribution in [0.25, 0.3) is 5.70 Å². The second-order valence-electron chi connectivity index (χ2n) is 4.98. The minimum Gasteiger partial charge on any atom is -0.368 e. The molecule has 0 saturated heterocycles. The third-order valence-electron chi connectivity index (χ3n) is 3.51. The van der Waals surface area contributed by atoms with Crippen LogP contribution in [0.5, 0.6) is 0 Å². The van der Waals surface area contributed by atoms with Gasteiger partial charge in [-0.3, -0.25) is 5.43 Å². The fraction of sp³-hybridized carbons (Fsp3) is 0. The number of nitrogens with two attached hydrogens (primary N) is 1. The molecule has 2 heterocycles. The van der Waals surface area contributed by atoms with Crippen LogP contribution in [0.3, 0.4) is 0 Å². The second kappa shape index (κ2) is 5.26. The Labute approximate surface area is 142 Å². The molecule has 0 bridgehead atoms. The lowest BCUT2D eigenvalue weighted by Gasteiger charge is -2.28. The van der Waals surface area contributed by atoms with E-state index in [2.05, 4.69) is 15.8 Å². The monoisotopic (exact) mass is 346 g/mol. The highest BCUT2D eigenvalue weighted by Crippen LogP contribution is 2.36. The van der Waals surface area contributed by atoms with Gasteiger partial charge in [-0.05, 0) is 18.2 Å². The Hall–Kier alpha value is -2.57. The maximum absolute atomic E-state index is 6.35. The molecule has 2 aliphatic heterocycles. The van der Waals surface area contributed by atoms with Gasteiger partial charge in [-0.15, -0.1) is 0 Å². The molecule has 0 amide bonds. The summed E-state index contributed by atoms with van der Waals surface area (Å²) in [6.07, 6.45) is 0. The lowest BCUT2D eigenvalue weighted by Crippen LogP contribution is -2.51. The van der Waals surface area contributed by atoms with E-state index in [9.17, 15) is 0 Å². The number of halogens is 2. The van der Waals surface area contributed by atoms with Gasteiger partial charge < -0.3 is 5.73 Å². The molecule has 2 aromatic rings. The predicted octanol–water partition coefficient (Wildman–Crippen LogP) is 2.69. The topological polar surface area (TPSA) is 68.9 Å². The molecule has 4 N–H and O–H groups in total. The van der Waals surface area contributed by atoms with Gasteiger partial charge in [0.25, 0.3) is 0 Å². The first-order chi connectivity index (χ1) is 11.1. The first-order valence-electron chi connectivity index (χ1n) is 6.86. The molecule has 6 nitrogen and oxygen atoms in total. The molecule has 116 valence electrons. The molecule has 0 aromatic heterocycles. The van der Waals surface area contributed by atoms with Crippen molar-refractivity contribution in [3.05, 3.63) is 70.0 Å². The molecule has 2 aliphatic rings. The molecule has 0 atom stereocenters. The quantitative estimate of drug-likeness (QED) is 0.779. The number of hydrogen-bond donors (Lipinski definition) is 3. The molecule has 0 spiro atoms. The summed E-state index contributed by atoms with van der Waals surface area (Å²) in [5.41, 5.74) is 14.5. The summed E-state index contributed by atoms with van der Waals surface area (Å²) in [5.74, 6) is 0.925. The van der Waals surface area contributed by atoms with Crippen molar-refractivity contribution in [2.24, 2.45) is 10.7 Å². The number of nitrogens with zero attached hydrogens (tertiary/aromatic N) is 3. The van der Waals surface area contributed by atoms with Gasteiger partial charge in [-0.25, -0.2) is 5.43 Å². The summed E-state index contributed by atoms with van der Waals surface area (Å²) >= 11 is 12.5. The zero-order valence-electron chi connectivity index (χ0n) is 11.8. The number of nitrogens with one attached hydrogen (secondary N) is 2. The lowest BCUT2D eigenvalue weighted by molar-refractivity contribution is 0.298. The van der Waals surface area contributed by atoms with Crippen LogP contribution >= 0.6 is 23.2 Å². The fourth-order valence-electron chi connectivity index (χ4n) is 2.49. The molecule has 0 radical (unpaired) electrons. The number of guanidine groups is 1. The second-order valence-corrected chi connectivity index (χ2v) is 5.76. The number of hydrogen-bond acceptors (Lipinski definition) is 6. The van der Waals surface area contributed by atoms with Crippen molar-refractivity contribution >= 4 is 40.5 Å². The van der Waals surface area contributed by atoms with E-state index in [1.165, 1.54) is 0 Å². The van der Waals surface area contributed by atoms with E-state index in [0.29, 0.717) is 27.5 Å². The van der Waals surface area contributed by atoms with Gasteiger partial charge in [0.2, 0.25) is 11.8 Å². The standard InChI is InChI=1S/C15H12Cl2N6/c16-11-8-4-7-10(12(11)17)13-14-19-15(18)21-23(14)22(20-13)9-5-2-1-3-6-9/h1-8,20H,(H3,18,19,21). The Morgan fingerprint density at radius 2 is 1.70 bits per heavy atom. The van der Waals surface area contributed by atoms with Gasteiger partial charge in [-0.2, -0.15) is 15.2 Å². The summed E-state index contributed by atoms with van der Waals surface area (Å²) in [7, 11) is 0. The van der Waals surface area contributed by atoms with Gasteiger partial charge in [-0.1, -0.05) is 53.5 Å². The van der Waals surface area contributed by atoms with Crippen molar-refractivity contribution in [3.63, 3.8) is 0 Å². The Kier molecular flexibility index (Phi) is 3.21. The maximum Gasteiger partial charge on any atom is 0.216 e. The largest absolute Gasteiger partial charge is 0.368 e. The molecular weight excluding hydrogens is 335 g/mol. The van der Waals surface area contributed by atoms with E-state index in [4.69, 9.17) is 28.9 Å². The van der Waals surface area contributed by atoms with Gasteiger partial charge in [0.1, 0.15) is 5.70 Å². The molecule has 4 rings (SSSR count). The Morgan fingerprint density at radius 1 is 0.913 bits per heavy atom. The minimum absolute atomic E-state index is 0.304. The summed E-state index contributed by atoms with van der Waals surface area (Å²) < 4.78 is 0. The molecule has 0 aliphatic carbocycles. The first-order valence-corrected chi connectivity index (χ1v) is 7.62. The molecule has 0 unspecified atom stereocenters. The van der Waals surface area contributed by atoms with Crippen LogP contribution in [0, 0.1) is 0 Å². The smallest absolute Gasteiger partial charge is 0.216 e. The van der Waals surface area contributed by atoms with Crippen molar-refractivity contribution in [2.45, 2.75) is 0 Å². The lowest BCUT2D eigenvalue weighted by atomic mass is 10.1. The van der Waals surface area contributed by atoms with E-state index in [1.807, 2.05) is 42.5 Å². The number of para-hydroxylation sites is 1. The number of hydrazine groups is 3. The van der Waals surface area contributed by atoms with Crippen molar-refractivity contribution in [1.29, 1.82) is 0 Å². The van der Waals surface area contributed by atoms with Gasteiger partial charge in [0, 0.05) is 5.56 Å². The fourth-order valence-corrected chi connectivity index (χ4v) is 2.88. The molecule has 2 aromatic carbocycles. The molecular formula is C15H12Cl2N6. The Bertz CT molecular complexity index is 833. The van der Waals surface area contributed by atoms with E-state index in [0.717, 1.165) is 11.3 Å². The van der Waals surface area contributed by atoms with Gasteiger partial charge in [0.05, 0.1) is 15.7 Å². The summed E-state index contributed by atoms with van der Waals surface area (Å²) in [6, 6.07) is 15.2. The van der Waals surface area contributed by atoms with Crippen molar-refractivity contribution in [1.82, 2.24) is 16.0 Å². The Morgan fingerprint density at radius 3 is 2.48 bits per heavy atom. The van der Waals surface area contributed by atoms with E-state index < -0.39 is 0 Å². The number of aliphatic imine (C=N–C) groups is 1. The highest BCUT2D eigenvalue weighted by atomic mass is 35.5. The maximum atomic E-state index is 6.35. The van der Waals surface area contributed by atoms with Crippen LogP contribution in [0.4, 0.5) is 5.69 Å². The highest BCUT2D eigenvalue weighted by molar-refractivity contribution is 6.43. The number of rotatable bonds is 2. The van der Waals surface area contributed by atoms with Crippen LogP contribution in [0.2, 0.25) is 10.0 Å². The normalized spacial score (nSPS) is 16.2. The number of fused-ring (bicyclic) bond motifs is 1. The average molecular weight is 347 g/mol. The molecule has 23 heavy (non-hydrogen) atoms. The zero-order valence-corrected chi connectivity index (χ0v) is 13.3. The third kappa shape index (κ3) is 2.23. The predicted molar refractivity (Wildman–Crippen MR) is 92.0 cm³/mol. The summed E-state index contributed by atoms with van der Waals surface area (Å²) in [4.78, 5) is 4.34. The van der Waals surface area contributed by atoms with Crippen LogP contribution < -0.4 is 21.7 Å². The first kappa shape index (κ1) is 14.0. The number of anilines is 1. The van der Waals surface area contributed by atoms with E-state index >= 15 is 0 Å². The van der Waals surface area contributed by atoms with Crippen LogP contribution in [0.1, 0.15) is 5.56 Å². The Balaban J connectivity index is 1.81. The molecule has 0 saturated carbocycles. The minimum atomic E-state index is 0.304. The summed E-state index contributed by atoms with van der Waals surface area (Å²) in [6.45, 7) is 0. The van der Waals surface area contributed by atoms with Gasteiger partial charge in [0.15, 0.2) is 0 Å². The third-order valence-corrected chi connectivity index (χ3v) is 4.33. The summed E-state index contributed by atoms with van der Waals surface area (Å²) in [5, 5.41) is 4.45. The SMILES string of the molecule is NC1=NC2=C(c3cccc(Cl)c3Cl)NN(c3ccccc3)N2N1. The number of benzene rings is 2. The average Bonchev–Trinajstić information content (AvgIpc) is 3.08. The van der Waals surface area contributed by atoms with Crippen LogP contribution in [-0.2, 0) is 0 Å². The zero-order chi connectivity index (χ0) is 16.0. The van der Waals surface area contributed by atoms with E-state index in [-0.39, 0.29) is 0 Å². The van der Waals surface area contributed by atoms with E-state index in [1.54, 1.807) is 16.3 Å². The van der Waals surface area contributed by atoms with Crippen LogP contribution in [-0.4, -0.2) is 11.1 Å². The molecule has 8 heteroatoms. The molecule has 0 fully saturated rings.